The van der Waals surface area contributed by atoms with Gasteiger partial charge in [-0.2, -0.15) is 5.10 Å². The lowest BCUT2D eigenvalue weighted by molar-refractivity contribution is 0.521. The maximum Gasteiger partial charge on any atom is 0.141 e. The summed E-state index contributed by atoms with van der Waals surface area (Å²) < 4.78 is 26.2. The molecule has 2 N–H and O–H groups in total. The Labute approximate surface area is 97.1 Å². The van der Waals surface area contributed by atoms with Gasteiger partial charge in [0, 0.05) is 12.1 Å². The molecule has 0 aliphatic heterocycles. The van der Waals surface area contributed by atoms with Crippen molar-refractivity contribution in [2.24, 2.45) is 0 Å². The summed E-state index contributed by atoms with van der Waals surface area (Å²) in [5, 5.41) is 9.46. The van der Waals surface area contributed by atoms with E-state index in [1.54, 1.807) is 0 Å². The highest BCUT2D eigenvalue weighted by atomic mass is 19.1. The van der Waals surface area contributed by atoms with Crippen LogP contribution >= 0.6 is 0 Å². The summed E-state index contributed by atoms with van der Waals surface area (Å²) in [5.41, 5.74) is 0.288. The lowest BCUT2D eigenvalue weighted by atomic mass is 10.2. The van der Waals surface area contributed by atoms with E-state index in [1.165, 1.54) is 12.4 Å². The van der Waals surface area contributed by atoms with Gasteiger partial charge in [-0.3, -0.25) is 5.10 Å². The summed E-state index contributed by atoms with van der Waals surface area (Å²) in [6, 6.07) is 3.28. The van der Waals surface area contributed by atoms with Crippen LogP contribution in [-0.4, -0.2) is 15.2 Å². The minimum atomic E-state index is -0.449. The summed E-state index contributed by atoms with van der Waals surface area (Å²) in [4.78, 5) is 3.97. The Hall–Kier alpha value is -1.82. The van der Waals surface area contributed by atoms with E-state index in [2.05, 4.69) is 20.5 Å². The largest absolute Gasteiger partial charge is 0.303 e. The van der Waals surface area contributed by atoms with Crippen LogP contribution in [0.4, 0.5) is 8.78 Å². The first-order valence-electron chi connectivity index (χ1n) is 5.19. The van der Waals surface area contributed by atoms with Gasteiger partial charge >= 0.3 is 0 Å². The lowest BCUT2D eigenvalue weighted by Crippen LogP contribution is -2.20. The standard InChI is InChI=1S/C11H12F2N4/c1-7(11-15-6-16-17-11)14-5-8-4-9(12)2-3-10(8)13/h2-4,6-7,14H,5H2,1H3,(H,15,16,17). The second kappa shape index (κ2) is 5.01. The molecule has 0 aliphatic rings. The van der Waals surface area contributed by atoms with Crippen LogP contribution in [0.2, 0.25) is 0 Å². The van der Waals surface area contributed by atoms with E-state index >= 15 is 0 Å². The maximum absolute atomic E-state index is 13.3. The predicted octanol–water partition coefficient (Wildman–Crippen LogP) is 1.93. The van der Waals surface area contributed by atoms with E-state index in [0.29, 0.717) is 5.82 Å². The van der Waals surface area contributed by atoms with E-state index in [9.17, 15) is 8.78 Å². The number of hydrogen-bond donors (Lipinski definition) is 2. The smallest absolute Gasteiger partial charge is 0.141 e. The number of rotatable bonds is 4. The number of aromatic amines is 1. The molecule has 0 bridgehead atoms. The third-order valence-corrected chi connectivity index (χ3v) is 2.45. The predicted molar refractivity (Wildman–Crippen MR) is 58.0 cm³/mol. The molecule has 90 valence electrons. The van der Waals surface area contributed by atoms with Crippen molar-refractivity contribution in [2.45, 2.75) is 19.5 Å². The zero-order chi connectivity index (χ0) is 12.3. The van der Waals surface area contributed by atoms with Crippen molar-refractivity contribution in [2.75, 3.05) is 0 Å². The number of benzene rings is 1. The molecule has 1 atom stereocenters. The first-order chi connectivity index (χ1) is 8.16. The van der Waals surface area contributed by atoms with Crippen LogP contribution in [0.25, 0.3) is 0 Å². The van der Waals surface area contributed by atoms with E-state index < -0.39 is 11.6 Å². The molecule has 0 fully saturated rings. The average Bonchev–Trinajstić information content (AvgIpc) is 2.83. The maximum atomic E-state index is 13.3. The molecule has 0 radical (unpaired) electrons. The van der Waals surface area contributed by atoms with Gasteiger partial charge in [-0.05, 0) is 25.1 Å². The number of hydrogen-bond acceptors (Lipinski definition) is 3. The summed E-state index contributed by atoms with van der Waals surface area (Å²) in [7, 11) is 0. The third-order valence-electron chi connectivity index (χ3n) is 2.45. The van der Waals surface area contributed by atoms with Gasteiger partial charge in [0.05, 0.1) is 6.04 Å². The molecule has 0 saturated heterocycles. The van der Waals surface area contributed by atoms with Crippen LogP contribution in [0, 0.1) is 11.6 Å². The number of nitrogens with zero attached hydrogens (tertiary/aromatic N) is 2. The Morgan fingerprint density at radius 2 is 2.24 bits per heavy atom. The summed E-state index contributed by atoms with van der Waals surface area (Å²) in [6.07, 6.45) is 1.40. The molecule has 1 unspecified atom stereocenters. The highest BCUT2D eigenvalue weighted by molar-refractivity contribution is 5.18. The van der Waals surface area contributed by atoms with Gasteiger partial charge in [0.15, 0.2) is 0 Å². The van der Waals surface area contributed by atoms with Gasteiger partial charge in [0.25, 0.3) is 0 Å². The van der Waals surface area contributed by atoms with Gasteiger partial charge in [-0.1, -0.05) is 0 Å². The summed E-state index contributed by atoms with van der Waals surface area (Å²) >= 11 is 0. The zero-order valence-electron chi connectivity index (χ0n) is 9.24. The molecule has 1 heterocycles. The Morgan fingerprint density at radius 3 is 2.94 bits per heavy atom. The normalized spacial score (nSPS) is 12.6. The van der Waals surface area contributed by atoms with Gasteiger partial charge in [0.1, 0.15) is 23.8 Å². The molecule has 6 heteroatoms. The van der Waals surface area contributed by atoms with Crippen LogP contribution in [0.5, 0.6) is 0 Å². The molecule has 1 aromatic carbocycles. The molecule has 0 saturated carbocycles. The van der Waals surface area contributed by atoms with Crippen molar-refractivity contribution in [3.05, 3.63) is 47.5 Å². The second-order valence-corrected chi connectivity index (χ2v) is 3.71. The van der Waals surface area contributed by atoms with Gasteiger partial charge in [0.2, 0.25) is 0 Å². The number of H-pyrrole nitrogens is 1. The Morgan fingerprint density at radius 1 is 1.41 bits per heavy atom. The van der Waals surface area contributed by atoms with Crippen molar-refractivity contribution in [1.82, 2.24) is 20.5 Å². The molecular weight excluding hydrogens is 226 g/mol. The minimum Gasteiger partial charge on any atom is -0.303 e. The zero-order valence-corrected chi connectivity index (χ0v) is 9.24. The van der Waals surface area contributed by atoms with Crippen molar-refractivity contribution >= 4 is 0 Å². The molecule has 2 aromatic rings. The van der Waals surface area contributed by atoms with Crippen molar-refractivity contribution < 1.29 is 8.78 Å². The molecule has 0 amide bonds. The Bertz CT molecular complexity index is 484. The molecule has 1 aromatic heterocycles. The highest BCUT2D eigenvalue weighted by Crippen LogP contribution is 2.11. The molecule has 0 spiro atoms. The fraction of sp³-hybridized carbons (Fsp3) is 0.273. The molecule has 4 nitrogen and oxygen atoms in total. The minimum absolute atomic E-state index is 0.111. The highest BCUT2D eigenvalue weighted by Gasteiger charge is 2.09. The van der Waals surface area contributed by atoms with Crippen LogP contribution in [0.3, 0.4) is 0 Å². The number of halogens is 2. The summed E-state index contributed by atoms with van der Waals surface area (Å²) in [6.45, 7) is 2.09. The fourth-order valence-electron chi connectivity index (χ4n) is 1.46. The summed E-state index contributed by atoms with van der Waals surface area (Å²) in [5.74, 6) is -0.221. The van der Waals surface area contributed by atoms with Crippen LogP contribution in [0.15, 0.2) is 24.5 Å². The first kappa shape index (κ1) is 11.7. The number of nitrogens with one attached hydrogen (secondary N) is 2. The van der Waals surface area contributed by atoms with Crippen molar-refractivity contribution in [3.63, 3.8) is 0 Å². The van der Waals surface area contributed by atoms with E-state index in [4.69, 9.17) is 0 Å². The van der Waals surface area contributed by atoms with E-state index in [1.807, 2.05) is 6.92 Å². The molecule has 0 aliphatic carbocycles. The SMILES string of the molecule is CC(NCc1cc(F)ccc1F)c1ncn[nH]1. The van der Waals surface area contributed by atoms with Gasteiger partial charge in [-0.15, -0.1) is 0 Å². The van der Waals surface area contributed by atoms with Crippen LogP contribution in [-0.2, 0) is 6.54 Å². The first-order valence-corrected chi connectivity index (χ1v) is 5.19. The quantitative estimate of drug-likeness (QED) is 0.855. The average molecular weight is 238 g/mol. The van der Waals surface area contributed by atoms with Gasteiger partial charge < -0.3 is 5.32 Å². The van der Waals surface area contributed by atoms with E-state index in [-0.39, 0.29) is 18.2 Å². The van der Waals surface area contributed by atoms with Crippen molar-refractivity contribution in [1.29, 1.82) is 0 Å². The third kappa shape index (κ3) is 2.85. The molecule has 17 heavy (non-hydrogen) atoms. The fourth-order valence-corrected chi connectivity index (χ4v) is 1.46. The monoisotopic (exact) mass is 238 g/mol. The Kier molecular flexibility index (Phi) is 3.43. The van der Waals surface area contributed by atoms with Crippen LogP contribution < -0.4 is 5.32 Å². The molecule has 2 rings (SSSR count). The number of aromatic nitrogens is 3. The Balaban J connectivity index is 2.00. The lowest BCUT2D eigenvalue weighted by Gasteiger charge is -2.11. The second-order valence-electron chi connectivity index (χ2n) is 3.71. The van der Waals surface area contributed by atoms with Crippen molar-refractivity contribution in [3.8, 4) is 0 Å². The van der Waals surface area contributed by atoms with E-state index in [0.717, 1.165) is 12.1 Å². The molecular formula is C11H12F2N4. The topological polar surface area (TPSA) is 53.6 Å². The van der Waals surface area contributed by atoms with Gasteiger partial charge in [-0.25, -0.2) is 13.8 Å². The van der Waals surface area contributed by atoms with Crippen LogP contribution in [0.1, 0.15) is 24.4 Å².